The number of ether oxygens (including phenoxy) is 1. The lowest BCUT2D eigenvalue weighted by molar-refractivity contribution is -0.134. The molecule has 1 amide bonds. The average molecular weight is 478 g/mol. The predicted molar refractivity (Wildman–Crippen MR) is 126 cm³/mol. The molecule has 0 radical (unpaired) electrons. The zero-order valence-electron chi connectivity index (χ0n) is 18.5. The van der Waals surface area contributed by atoms with Gasteiger partial charge < -0.3 is 25.2 Å². The highest BCUT2D eigenvalue weighted by molar-refractivity contribution is 6.30. The highest BCUT2D eigenvalue weighted by atomic mass is 35.5. The molecular weight excluding hydrogens is 450 g/mol. The first-order valence-corrected chi connectivity index (χ1v) is 10.7. The number of amides is 1. The molecule has 0 aliphatic heterocycles. The third-order valence-electron chi connectivity index (χ3n) is 4.29. The predicted octanol–water partition coefficient (Wildman–Crippen LogP) is 3.93. The molecule has 33 heavy (non-hydrogen) atoms. The fourth-order valence-electron chi connectivity index (χ4n) is 2.56. The number of halogens is 1. The normalized spacial score (nSPS) is 10.4. The number of nitrogens with one attached hydrogen (secondary N) is 1. The van der Waals surface area contributed by atoms with Gasteiger partial charge in [0.25, 0.3) is 0 Å². The van der Waals surface area contributed by atoms with Crippen LogP contribution < -0.4 is 10.1 Å². The molecule has 0 bridgehead atoms. The standard InChI is InChI=1S/C19H24ClN3O2.C4H4O4/c1-3-23(4-2)13-5-12-21-19(24)25-18-11-8-16(14-22-18)15-6-9-17(20)10-7-15;5-3(6)1-2-4(7)8/h6-11,14H,3-5,12-13H2,1-2H3,(H,21,24);1-2H,(H,5,6)(H,7,8)/b;2-1+. The van der Waals surface area contributed by atoms with Gasteiger partial charge in [-0.3, -0.25) is 0 Å². The lowest BCUT2D eigenvalue weighted by Gasteiger charge is -2.17. The van der Waals surface area contributed by atoms with E-state index in [1.54, 1.807) is 12.3 Å². The van der Waals surface area contributed by atoms with E-state index in [1.165, 1.54) is 0 Å². The van der Waals surface area contributed by atoms with Gasteiger partial charge in [-0.2, -0.15) is 0 Å². The van der Waals surface area contributed by atoms with Gasteiger partial charge in [-0.25, -0.2) is 19.4 Å². The number of aliphatic carboxylic acids is 2. The second-order valence-electron chi connectivity index (χ2n) is 6.60. The Morgan fingerprint density at radius 1 is 1.00 bits per heavy atom. The first-order chi connectivity index (χ1) is 15.7. The Labute approximate surface area is 197 Å². The maximum absolute atomic E-state index is 11.8. The number of benzene rings is 1. The molecule has 0 saturated carbocycles. The summed E-state index contributed by atoms with van der Waals surface area (Å²) in [4.78, 5) is 37.4. The van der Waals surface area contributed by atoms with Gasteiger partial charge in [0, 0.05) is 41.5 Å². The van der Waals surface area contributed by atoms with Gasteiger partial charge in [0.2, 0.25) is 5.88 Å². The summed E-state index contributed by atoms with van der Waals surface area (Å²) in [6.07, 6.45) is 3.20. The number of carboxylic acid groups (broad SMARTS) is 2. The fourth-order valence-corrected chi connectivity index (χ4v) is 2.69. The largest absolute Gasteiger partial charge is 0.478 e. The molecule has 9 nitrogen and oxygen atoms in total. The van der Waals surface area contributed by atoms with Crippen LogP contribution in [0.2, 0.25) is 5.02 Å². The third kappa shape index (κ3) is 12.3. The van der Waals surface area contributed by atoms with Crippen molar-refractivity contribution in [1.29, 1.82) is 0 Å². The SMILES string of the molecule is CCN(CC)CCCNC(=O)Oc1ccc(-c2ccc(Cl)cc2)cn1.O=C(O)/C=C/C(=O)O. The summed E-state index contributed by atoms with van der Waals surface area (Å²) in [5.41, 5.74) is 1.94. The van der Waals surface area contributed by atoms with Crippen LogP contribution in [0.5, 0.6) is 5.88 Å². The molecule has 0 aliphatic carbocycles. The number of carboxylic acids is 2. The highest BCUT2D eigenvalue weighted by Gasteiger charge is 2.06. The molecular formula is C23H28ClN3O6. The summed E-state index contributed by atoms with van der Waals surface area (Å²) in [5.74, 6) is -2.24. The van der Waals surface area contributed by atoms with Crippen LogP contribution >= 0.6 is 11.6 Å². The fraction of sp³-hybridized carbons (Fsp3) is 0.304. The minimum absolute atomic E-state index is 0.277. The monoisotopic (exact) mass is 477 g/mol. The van der Waals surface area contributed by atoms with Crippen LogP contribution in [-0.2, 0) is 9.59 Å². The van der Waals surface area contributed by atoms with Crippen LogP contribution in [0.25, 0.3) is 11.1 Å². The van der Waals surface area contributed by atoms with E-state index in [2.05, 4.69) is 29.0 Å². The number of carbonyl (C=O) groups is 3. The number of pyridine rings is 1. The minimum Gasteiger partial charge on any atom is -0.478 e. The van der Waals surface area contributed by atoms with E-state index in [1.807, 2.05) is 30.3 Å². The Kier molecular flexibility index (Phi) is 12.9. The second kappa shape index (κ2) is 15.4. The van der Waals surface area contributed by atoms with E-state index in [-0.39, 0.29) is 5.88 Å². The molecule has 1 aromatic carbocycles. The van der Waals surface area contributed by atoms with Crippen LogP contribution in [0, 0.1) is 0 Å². The average Bonchev–Trinajstić information content (AvgIpc) is 2.79. The molecule has 0 spiro atoms. The number of nitrogens with zero attached hydrogens (tertiary/aromatic N) is 2. The summed E-state index contributed by atoms with van der Waals surface area (Å²) in [7, 11) is 0. The van der Waals surface area contributed by atoms with Crippen molar-refractivity contribution in [3.63, 3.8) is 0 Å². The first-order valence-electron chi connectivity index (χ1n) is 10.3. The molecule has 178 valence electrons. The maximum atomic E-state index is 11.8. The molecule has 0 aliphatic rings. The van der Waals surface area contributed by atoms with Crippen molar-refractivity contribution in [3.05, 3.63) is 59.8 Å². The summed E-state index contributed by atoms with van der Waals surface area (Å²) in [6, 6.07) is 11.0. The summed E-state index contributed by atoms with van der Waals surface area (Å²) >= 11 is 5.88. The van der Waals surface area contributed by atoms with Gasteiger partial charge in [0.15, 0.2) is 0 Å². The van der Waals surface area contributed by atoms with E-state index in [4.69, 9.17) is 26.6 Å². The van der Waals surface area contributed by atoms with Crippen molar-refractivity contribution in [2.75, 3.05) is 26.2 Å². The molecule has 1 aromatic heterocycles. The van der Waals surface area contributed by atoms with Crippen LogP contribution in [0.1, 0.15) is 20.3 Å². The van der Waals surface area contributed by atoms with E-state index in [0.29, 0.717) is 23.7 Å². The molecule has 0 fully saturated rings. The number of rotatable bonds is 10. The van der Waals surface area contributed by atoms with E-state index in [0.717, 1.165) is 37.2 Å². The van der Waals surface area contributed by atoms with E-state index >= 15 is 0 Å². The quantitative estimate of drug-likeness (QED) is 0.346. The topological polar surface area (TPSA) is 129 Å². The Balaban J connectivity index is 0.000000582. The molecule has 0 atom stereocenters. The Hall–Kier alpha value is -3.43. The van der Waals surface area contributed by atoms with Gasteiger partial charge >= 0.3 is 18.0 Å². The molecule has 0 unspecified atom stereocenters. The second-order valence-corrected chi connectivity index (χ2v) is 7.03. The van der Waals surface area contributed by atoms with Gasteiger partial charge in [-0.15, -0.1) is 0 Å². The maximum Gasteiger partial charge on any atom is 0.413 e. The zero-order valence-corrected chi connectivity index (χ0v) is 19.3. The number of carbonyl (C=O) groups excluding carboxylic acids is 1. The number of hydrogen-bond acceptors (Lipinski definition) is 6. The molecule has 10 heteroatoms. The lowest BCUT2D eigenvalue weighted by atomic mass is 10.1. The lowest BCUT2D eigenvalue weighted by Crippen LogP contribution is -2.31. The van der Waals surface area contributed by atoms with Crippen LogP contribution in [0.3, 0.4) is 0 Å². The van der Waals surface area contributed by atoms with Crippen molar-refractivity contribution in [2.24, 2.45) is 0 Å². The molecule has 3 N–H and O–H groups in total. The Bertz CT molecular complexity index is 897. The van der Waals surface area contributed by atoms with Crippen LogP contribution in [0.15, 0.2) is 54.7 Å². The molecule has 2 aromatic rings. The summed E-state index contributed by atoms with van der Waals surface area (Å²) in [5, 5.41) is 19.1. The molecule has 0 saturated heterocycles. The smallest absolute Gasteiger partial charge is 0.413 e. The number of aromatic nitrogens is 1. The first kappa shape index (κ1) is 27.6. The van der Waals surface area contributed by atoms with Crippen molar-refractivity contribution >= 4 is 29.6 Å². The van der Waals surface area contributed by atoms with E-state index < -0.39 is 18.0 Å². The zero-order chi connectivity index (χ0) is 24.6. The van der Waals surface area contributed by atoms with Crippen LogP contribution in [-0.4, -0.2) is 64.3 Å². The van der Waals surface area contributed by atoms with Gasteiger partial charge in [0.1, 0.15) is 0 Å². The molecule has 2 rings (SSSR count). The third-order valence-corrected chi connectivity index (χ3v) is 4.55. The number of hydrogen-bond donors (Lipinski definition) is 3. The van der Waals surface area contributed by atoms with Crippen LogP contribution in [0.4, 0.5) is 4.79 Å². The summed E-state index contributed by atoms with van der Waals surface area (Å²) in [6.45, 7) is 7.84. The Morgan fingerprint density at radius 3 is 2.06 bits per heavy atom. The van der Waals surface area contributed by atoms with Crippen molar-refractivity contribution in [1.82, 2.24) is 15.2 Å². The minimum atomic E-state index is -1.26. The van der Waals surface area contributed by atoms with Gasteiger partial charge in [-0.1, -0.05) is 37.6 Å². The molecule has 1 heterocycles. The van der Waals surface area contributed by atoms with Crippen molar-refractivity contribution in [3.8, 4) is 17.0 Å². The Morgan fingerprint density at radius 2 is 1.58 bits per heavy atom. The van der Waals surface area contributed by atoms with E-state index in [9.17, 15) is 14.4 Å². The van der Waals surface area contributed by atoms with Crippen molar-refractivity contribution in [2.45, 2.75) is 20.3 Å². The van der Waals surface area contributed by atoms with Gasteiger partial charge in [0.05, 0.1) is 0 Å². The summed E-state index contributed by atoms with van der Waals surface area (Å²) < 4.78 is 5.19. The van der Waals surface area contributed by atoms with Gasteiger partial charge in [-0.05, 0) is 49.8 Å². The highest BCUT2D eigenvalue weighted by Crippen LogP contribution is 2.22. The van der Waals surface area contributed by atoms with Crippen molar-refractivity contribution < 1.29 is 29.3 Å².